The highest BCUT2D eigenvalue weighted by atomic mass is 16.8. The molecule has 0 atom stereocenters. The van der Waals surface area contributed by atoms with Crippen molar-refractivity contribution in [1.82, 2.24) is 0 Å². The molecule has 0 aliphatic carbocycles. The first kappa shape index (κ1) is 72.1. The monoisotopic (exact) mass is 1150 g/mol. The molecule has 6 N–H and O–H groups in total. The van der Waals surface area contributed by atoms with Gasteiger partial charge in [0.2, 0.25) is 0 Å². The summed E-state index contributed by atoms with van der Waals surface area (Å²) in [5.41, 5.74) is 4.74. The van der Waals surface area contributed by atoms with Crippen molar-refractivity contribution >= 4 is 53.9 Å². The number of hydrogen-bond donors (Lipinski definition) is 6. The van der Waals surface area contributed by atoms with Crippen molar-refractivity contribution in [3.05, 3.63) is 169 Å². The molecule has 19 nitrogen and oxygen atoms in total. The van der Waals surface area contributed by atoms with E-state index in [1.165, 1.54) is 18.2 Å². The van der Waals surface area contributed by atoms with Crippen LogP contribution in [0.15, 0.2) is 97.1 Å². The fourth-order valence-corrected chi connectivity index (χ4v) is 8.22. The van der Waals surface area contributed by atoms with Crippen LogP contribution in [0.2, 0.25) is 0 Å². The molecule has 450 valence electrons. The first-order valence-corrected chi connectivity index (χ1v) is 27.6. The third kappa shape index (κ3) is 25.2. The van der Waals surface area contributed by atoms with Crippen molar-refractivity contribution in [3.63, 3.8) is 0 Å². The number of aryl methyl sites for hydroxylation is 3. The quantitative estimate of drug-likeness (QED) is 0.0277. The number of carboxylic acids is 6. The van der Waals surface area contributed by atoms with Gasteiger partial charge in [-0.05, 0) is 140 Å². The Morgan fingerprint density at radius 3 is 1.22 bits per heavy atom. The van der Waals surface area contributed by atoms with E-state index in [0.717, 1.165) is 48.8 Å². The Balaban J connectivity index is 0.000000512. The Kier molecular flexibility index (Phi) is 34.3. The third-order valence-corrected chi connectivity index (χ3v) is 12.1. The zero-order chi connectivity index (χ0) is 62.6. The molecule has 0 unspecified atom stereocenters. The molecular weight excluding hydrogens is 1070 g/mol. The van der Waals surface area contributed by atoms with E-state index in [1.54, 1.807) is 42.5 Å². The summed E-state index contributed by atoms with van der Waals surface area (Å²) in [6.45, 7) is 19.0. The second-order valence-electron chi connectivity index (χ2n) is 18.6. The molecule has 0 saturated carbocycles. The molecule has 5 aromatic rings. The van der Waals surface area contributed by atoms with Crippen LogP contribution in [0.3, 0.4) is 0 Å². The summed E-state index contributed by atoms with van der Waals surface area (Å²) in [4.78, 5) is 99.1. The van der Waals surface area contributed by atoms with Gasteiger partial charge in [-0.2, -0.15) is 0 Å². The Bertz CT molecular complexity index is 2900. The van der Waals surface area contributed by atoms with Gasteiger partial charge < -0.3 is 49.6 Å². The number of para-hydroxylation sites is 1. The number of carbonyl (C=O) groups excluding carboxylic acids is 3. The normalized spacial score (nSPS) is 10.8. The SMILES string of the molecule is CCCCC(=O)OCC.CCCCc1c(CC)ccc(C(=O)O)c1C(=O)O.CCCc1c(CC)ccc(C(=O)O)c1C(=O)O.CCc1ccc(C(=O)O)c(C(=O)O)c1CC(C)C.O=C(Oc1ccccc1)c1ccccc1.O=C1OCCO1. The van der Waals surface area contributed by atoms with Gasteiger partial charge in [-0.3, -0.25) is 4.79 Å². The molecule has 0 radical (unpaired) electrons. The maximum atomic E-state index is 11.6. The molecule has 1 saturated heterocycles. The van der Waals surface area contributed by atoms with E-state index >= 15 is 0 Å². The van der Waals surface area contributed by atoms with E-state index in [-0.39, 0.29) is 51.2 Å². The number of hydrogen-bond acceptors (Lipinski definition) is 13. The summed E-state index contributed by atoms with van der Waals surface area (Å²) in [6.07, 6.45) is 8.50. The molecule has 19 heteroatoms. The predicted octanol–water partition coefficient (Wildman–Crippen LogP) is 13.2. The van der Waals surface area contributed by atoms with Crippen LogP contribution < -0.4 is 4.74 Å². The van der Waals surface area contributed by atoms with Crippen LogP contribution in [0.5, 0.6) is 5.75 Å². The van der Waals surface area contributed by atoms with Gasteiger partial charge in [0.05, 0.1) is 45.6 Å². The molecule has 1 fully saturated rings. The maximum Gasteiger partial charge on any atom is 0.508 e. The molecule has 0 aromatic heterocycles. The van der Waals surface area contributed by atoms with Crippen molar-refractivity contribution in [3.8, 4) is 5.75 Å². The molecule has 0 bridgehead atoms. The zero-order valence-electron chi connectivity index (χ0n) is 48.9. The van der Waals surface area contributed by atoms with Crippen molar-refractivity contribution in [1.29, 1.82) is 0 Å². The van der Waals surface area contributed by atoms with E-state index in [9.17, 15) is 58.5 Å². The lowest BCUT2D eigenvalue weighted by molar-refractivity contribution is -0.143. The lowest BCUT2D eigenvalue weighted by Gasteiger charge is -2.15. The lowest BCUT2D eigenvalue weighted by Crippen LogP contribution is -2.15. The summed E-state index contributed by atoms with van der Waals surface area (Å²) in [6, 6.07) is 27.3. The van der Waals surface area contributed by atoms with Crippen molar-refractivity contribution in [2.75, 3.05) is 19.8 Å². The minimum atomic E-state index is -1.19. The number of benzene rings is 5. The van der Waals surface area contributed by atoms with Crippen LogP contribution in [0, 0.1) is 5.92 Å². The van der Waals surface area contributed by atoms with Crippen LogP contribution in [0.25, 0.3) is 0 Å². The zero-order valence-corrected chi connectivity index (χ0v) is 48.9. The van der Waals surface area contributed by atoms with Gasteiger partial charge in [0.25, 0.3) is 0 Å². The number of aromatic carboxylic acids is 6. The van der Waals surface area contributed by atoms with E-state index in [2.05, 4.69) is 16.4 Å². The number of ether oxygens (including phenoxy) is 4. The van der Waals surface area contributed by atoms with Crippen LogP contribution in [0.4, 0.5) is 4.79 Å². The van der Waals surface area contributed by atoms with E-state index in [0.29, 0.717) is 92.8 Å². The van der Waals surface area contributed by atoms with Crippen molar-refractivity contribution < 1.29 is 92.7 Å². The molecule has 1 heterocycles. The van der Waals surface area contributed by atoms with Crippen LogP contribution >= 0.6 is 0 Å². The van der Waals surface area contributed by atoms with Crippen LogP contribution in [0.1, 0.15) is 207 Å². The van der Waals surface area contributed by atoms with E-state index < -0.39 is 42.0 Å². The fraction of sp³-hybridized carbons (Fsp3) is 0.391. The fourth-order valence-electron chi connectivity index (χ4n) is 8.22. The Labute approximate surface area is 485 Å². The molecule has 83 heavy (non-hydrogen) atoms. The lowest BCUT2D eigenvalue weighted by atomic mass is 9.89. The van der Waals surface area contributed by atoms with Crippen LogP contribution in [-0.4, -0.2) is 104 Å². The van der Waals surface area contributed by atoms with Gasteiger partial charge >= 0.3 is 53.9 Å². The Hall–Kier alpha value is -8.87. The molecule has 0 spiro atoms. The average molecular weight is 1150 g/mol. The standard InChI is InChI=1S/2C14H18O4.C13H16O4.C13H10O2.C7H14O2.C3H4O3/c1-4-9-5-6-10(13(15)16)12(14(17)18)11(9)7-8(2)3;1-3-5-6-10-9(4-2)7-8-11(13(15)16)12(10)14(17)18;1-3-5-9-8(4-2)6-7-10(12(14)15)11(9)13(16)17;14-13(11-7-3-1-4-8-11)15-12-9-5-2-6-10-12;1-3-5-6-7(8)9-4-2;4-3-5-1-2-6-3/h5-6,8H,4,7H2,1-3H3,(H,15,16)(H,17,18);7-8H,3-6H2,1-2H3,(H,15,16)(H,17,18);6-7H,3-5H2,1-2H3,(H,14,15)(H,16,17);1-10H;3-6H2,1-2H3;1-2H2. The van der Waals surface area contributed by atoms with Gasteiger partial charge in [0.1, 0.15) is 19.0 Å². The number of unbranched alkanes of at least 4 members (excludes halogenated alkanes) is 2. The minimum absolute atomic E-state index is 0.0460. The summed E-state index contributed by atoms with van der Waals surface area (Å²) >= 11 is 0. The molecule has 6 rings (SSSR count). The topological polar surface area (TPSA) is 312 Å². The molecule has 0 amide bonds. The number of carboxylic acid groups (broad SMARTS) is 6. The van der Waals surface area contributed by atoms with Gasteiger partial charge in [-0.25, -0.2) is 38.4 Å². The second-order valence-corrected chi connectivity index (χ2v) is 18.6. The van der Waals surface area contributed by atoms with Gasteiger partial charge in [-0.1, -0.05) is 129 Å². The second kappa shape index (κ2) is 39.5. The average Bonchev–Trinajstić information content (AvgIpc) is 4.10. The Morgan fingerprint density at radius 2 is 0.880 bits per heavy atom. The number of cyclic esters (lactones) is 2. The molecular formula is C64H80O19. The summed E-state index contributed by atoms with van der Waals surface area (Å²) in [5, 5.41) is 54.8. The van der Waals surface area contributed by atoms with E-state index in [4.69, 9.17) is 24.8 Å². The molecule has 1 aliphatic rings. The highest BCUT2D eigenvalue weighted by Gasteiger charge is 2.25. The van der Waals surface area contributed by atoms with Gasteiger partial charge in [0.15, 0.2) is 0 Å². The first-order valence-electron chi connectivity index (χ1n) is 27.6. The number of esters is 2. The van der Waals surface area contributed by atoms with Crippen molar-refractivity contribution in [2.24, 2.45) is 5.92 Å². The highest BCUT2D eigenvalue weighted by Crippen LogP contribution is 2.26. The summed E-state index contributed by atoms with van der Waals surface area (Å²) in [5.74, 6) is -6.63. The molecule has 5 aromatic carbocycles. The number of rotatable bonds is 22. The smallest absolute Gasteiger partial charge is 0.478 e. The summed E-state index contributed by atoms with van der Waals surface area (Å²) in [7, 11) is 0. The molecule has 1 aliphatic heterocycles. The summed E-state index contributed by atoms with van der Waals surface area (Å²) < 4.78 is 18.4. The van der Waals surface area contributed by atoms with Gasteiger partial charge in [-0.15, -0.1) is 0 Å². The highest BCUT2D eigenvalue weighted by molar-refractivity contribution is 6.04. The van der Waals surface area contributed by atoms with E-state index in [1.807, 2.05) is 91.8 Å². The first-order chi connectivity index (χ1) is 39.5. The van der Waals surface area contributed by atoms with Crippen LogP contribution in [-0.2, 0) is 57.5 Å². The van der Waals surface area contributed by atoms with Gasteiger partial charge in [0, 0.05) is 6.42 Å². The minimum Gasteiger partial charge on any atom is -0.478 e. The Morgan fingerprint density at radius 1 is 0.482 bits per heavy atom. The van der Waals surface area contributed by atoms with Crippen molar-refractivity contribution in [2.45, 2.75) is 139 Å². The predicted molar refractivity (Wildman–Crippen MR) is 312 cm³/mol. The maximum absolute atomic E-state index is 11.6. The largest absolute Gasteiger partial charge is 0.508 e. The number of carbonyl (C=O) groups is 9. The third-order valence-electron chi connectivity index (χ3n) is 12.1.